The first-order valence-corrected chi connectivity index (χ1v) is 13.7. The summed E-state index contributed by atoms with van der Waals surface area (Å²) in [5.41, 5.74) is 0.0343. The van der Waals surface area contributed by atoms with Crippen molar-refractivity contribution in [3.05, 3.63) is 0 Å². The Morgan fingerprint density at radius 1 is 0.944 bits per heavy atom. The number of likely N-dealkylation sites (tertiary alicyclic amines) is 2. The smallest absolute Gasteiger partial charge is 0.318 e. The van der Waals surface area contributed by atoms with Crippen LogP contribution in [0.5, 0.6) is 0 Å². The zero-order valence-electron chi connectivity index (χ0n) is 23.2. The zero-order valence-corrected chi connectivity index (χ0v) is 23.2. The van der Waals surface area contributed by atoms with Crippen LogP contribution in [0.3, 0.4) is 0 Å². The monoisotopic (exact) mass is 508 g/mol. The van der Waals surface area contributed by atoms with Gasteiger partial charge in [0.05, 0.1) is 24.7 Å². The number of urea groups is 1. The highest BCUT2D eigenvalue weighted by Gasteiger charge is 2.45. The van der Waals surface area contributed by atoms with E-state index in [0.717, 1.165) is 32.1 Å². The first-order chi connectivity index (χ1) is 16.9. The van der Waals surface area contributed by atoms with E-state index in [9.17, 15) is 24.3 Å². The van der Waals surface area contributed by atoms with Crippen LogP contribution in [0.1, 0.15) is 92.9 Å². The molecule has 2 aliphatic rings. The third-order valence-electron chi connectivity index (χ3n) is 8.51. The molecule has 0 saturated carbocycles. The van der Waals surface area contributed by atoms with Crippen LogP contribution in [0.4, 0.5) is 4.79 Å². The Bertz CT molecular complexity index is 795. The molecule has 3 N–H and O–H groups in total. The van der Waals surface area contributed by atoms with Gasteiger partial charge in [-0.15, -0.1) is 0 Å². The molecule has 4 amide bonds. The Labute approximate surface area is 216 Å². The summed E-state index contributed by atoms with van der Waals surface area (Å²) in [6.07, 6.45) is 4.79. The normalized spacial score (nSPS) is 22.6. The van der Waals surface area contributed by atoms with Crippen molar-refractivity contribution >= 4 is 23.6 Å². The summed E-state index contributed by atoms with van der Waals surface area (Å²) in [4.78, 5) is 54.6. The molecule has 0 aromatic heterocycles. The minimum Gasteiger partial charge on any atom is -0.391 e. The predicted molar refractivity (Wildman–Crippen MR) is 139 cm³/mol. The molecule has 9 heteroatoms. The summed E-state index contributed by atoms with van der Waals surface area (Å²) in [5, 5.41) is 15.7. The van der Waals surface area contributed by atoms with E-state index in [0.29, 0.717) is 25.9 Å². The van der Waals surface area contributed by atoms with Crippen molar-refractivity contribution in [1.29, 1.82) is 0 Å². The number of aliphatic hydroxyl groups excluding tert-OH is 1. The van der Waals surface area contributed by atoms with E-state index >= 15 is 0 Å². The van der Waals surface area contributed by atoms with Gasteiger partial charge < -0.3 is 25.5 Å². The second kappa shape index (κ2) is 12.9. The van der Waals surface area contributed by atoms with Gasteiger partial charge in [-0.3, -0.25) is 14.4 Å². The van der Waals surface area contributed by atoms with Gasteiger partial charge in [0.2, 0.25) is 11.8 Å². The average Bonchev–Trinajstić information content (AvgIpc) is 3.49. The van der Waals surface area contributed by atoms with Crippen LogP contribution in [-0.2, 0) is 14.4 Å². The summed E-state index contributed by atoms with van der Waals surface area (Å²) in [6, 6.07) is -1.93. The molecule has 2 saturated heterocycles. The third kappa shape index (κ3) is 7.92. The van der Waals surface area contributed by atoms with E-state index < -0.39 is 24.2 Å². The van der Waals surface area contributed by atoms with Gasteiger partial charge in [-0.25, -0.2) is 4.79 Å². The molecule has 2 heterocycles. The Morgan fingerprint density at radius 2 is 1.61 bits per heavy atom. The van der Waals surface area contributed by atoms with Gasteiger partial charge in [0.1, 0.15) is 0 Å². The molecule has 3 atom stereocenters. The lowest BCUT2D eigenvalue weighted by molar-refractivity contribution is -0.140. The van der Waals surface area contributed by atoms with Crippen molar-refractivity contribution in [2.75, 3.05) is 26.2 Å². The second-order valence-electron chi connectivity index (χ2n) is 11.7. The Balaban J connectivity index is 1.94. The van der Waals surface area contributed by atoms with E-state index in [4.69, 9.17) is 0 Å². The summed E-state index contributed by atoms with van der Waals surface area (Å²) in [5.74, 6) is -0.525. The maximum Gasteiger partial charge on any atom is 0.318 e. The summed E-state index contributed by atoms with van der Waals surface area (Å²) in [7, 11) is 0. The number of aliphatic hydroxyl groups is 1. The predicted octanol–water partition coefficient (Wildman–Crippen LogP) is 2.85. The van der Waals surface area contributed by atoms with Gasteiger partial charge in [-0.05, 0) is 30.1 Å². The number of ketones is 1. The molecule has 206 valence electrons. The third-order valence-corrected chi connectivity index (χ3v) is 8.51. The number of rotatable bonds is 12. The van der Waals surface area contributed by atoms with E-state index in [1.165, 1.54) is 4.90 Å². The number of amides is 4. The minimum absolute atomic E-state index is 0.0265. The fourth-order valence-electron chi connectivity index (χ4n) is 4.95. The van der Waals surface area contributed by atoms with Gasteiger partial charge in [0.25, 0.3) is 0 Å². The van der Waals surface area contributed by atoms with Gasteiger partial charge in [0, 0.05) is 32.5 Å². The van der Waals surface area contributed by atoms with Crippen molar-refractivity contribution in [3.63, 3.8) is 0 Å². The summed E-state index contributed by atoms with van der Waals surface area (Å²) >= 11 is 0. The lowest BCUT2D eigenvalue weighted by Gasteiger charge is -2.32. The Hall–Kier alpha value is -2.16. The Morgan fingerprint density at radius 3 is 2.22 bits per heavy atom. The molecular weight excluding hydrogens is 460 g/mol. The van der Waals surface area contributed by atoms with Gasteiger partial charge >= 0.3 is 6.03 Å². The van der Waals surface area contributed by atoms with E-state index in [1.807, 2.05) is 20.8 Å². The van der Waals surface area contributed by atoms with E-state index in [2.05, 4.69) is 31.4 Å². The molecule has 36 heavy (non-hydrogen) atoms. The highest BCUT2D eigenvalue weighted by Crippen LogP contribution is 2.31. The lowest BCUT2D eigenvalue weighted by Crippen LogP contribution is -2.53. The number of nitrogens with one attached hydrogen (secondary N) is 2. The van der Waals surface area contributed by atoms with Crippen molar-refractivity contribution in [2.24, 2.45) is 10.8 Å². The molecule has 0 aromatic carbocycles. The molecule has 2 rings (SSSR count). The van der Waals surface area contributed by atoms with Crippen LogP contribution in [0.15, 0.2) is 0 Å². The molecule has 0 radical (unpaired) electrons. The largest absolute Gasteiger partial charge is 0.391 e. The first-order valence-electron chi connectivity index (χ1n) is 13.7. The number of Topliss-reactive ketones (excluding diaryl/α,β-unsaturated/α-hetero) is 1. The molecule has 0 spiro atoms. The first kappa shape index (κ1) is 30.1. The number of β-amino-alcohol motifs (C(OH)–C–C–N with tert-alkyl or cyclic N) is 1. The maximum absolute atomic E-state index is 13.5. The van der Waals surface area contributed by atoms with Crippen LogP contribution in [0, 0.1) is 10.8 Å². The van der Waals surface area contributed by atoms with Crippen LogP contribution in [0.25, 0.3) is 0 Å². The standard InChI is InChI=1S/C27H48N4O5/c1-7-26(4,5)16-23(34)30-14-10-11-20(30)24(35)21-15-19(32)18-31(21)25(36)29-17-22(33)28-13-12-27(6,8-2)9-3/h19-21,32H,7-18H2,1-6H3,(H,28,33)(H,29,36). The lowest BCUT2D eigenvalue weighted by atomic mass is 9.81. The average molecular weight is 509 g/mol. The number of carbonyl (C=O) groups is 4. The van der Waals surface area contributed by atoms with Crippen molar-refractivity contribution in [2.45, 2.75) is 111 Å². The van der Waals surface area contributed by atoms with Crippen LogP contribution < -0.4 is 10.6 Å². The molecule has 9 nitrogen and oxygen atoms in total. The molecule has 0 bridgehead atoms. The second-order valence-corrected chi connectivity index (χ2v) is 11.7. The van der Waals surface area contributed by atoms with Crippen molar-refractivity contribution < 1.29 is 24.3 Å². The number of nitrogens with zero attached hydrogens (tertiary/aromatic N) is 2. The molecule has 2 fully saturated rings. The summed E-state index contributed by atoms with van der Waals surface area (Å²) < 4.78 is 0. The number of carbonyl (C=O) groups excluding carboxylic acids is 4. The van der Waals surface area contributed by atoms with Crippen molar-refractivity contribution in [1.82, 2.24) is 20.4 Å². The minimum atomic E-state index is -0.816. The topological polar surface area (TPSA) is 119 Å². The van der Waals surface area contributed by atoms with Crippen LogP contribution in [-0.4, -0.2) is 82.9 Å². The van der Waals surface area contributed by atoms with Crippen LogP contribution in [0.2, 0.25) is 0 Å². The SMILES string of the molecule is CCC(C)(C)CC(=O)N1CCCC1C(=O)C1CC(O)CN1C(=O)NCC(=O)NCCC(C)(CC)CC. The molecule has 2 aliphatic heterocycles. The molecule has 0 aromatic rings. The molecular formula is C27H48N4O5. The fraction of sp³-hybridized carbons (Fsp3) is 0.852. The zero-order chi connectivity index (χ0) is 27.1. The number of hydrogen-bond acceptors (Lipinski definition) is 5. The van der Waals surface area contributed by atoms with E-state index in [-0.39, 0.29) is 47.9 Å². The summed E-state index contributed by atoms with van der Waals surface area (Å²) in [6.45, 7) is 13.5. The van der Waals surface area contributed by atoms with E-state index in [1.54, 1.807) is 4.90 Å². The molecule has 3 unspecified atom stereocenters. The van der Waals surface area contributed by atoms with Gasteiger partial charge in [0.15, 0.2) is 5.78 Å². The molecule has 0 aliphatic carbocycles. The fourth-order valence-corrected chi connectivity index (χ4v) is 4.95. The van der Waals surface area contributed by atoms with Gasteiger partial charge in [-0.1, -0.05) is 60.8 Å². The van der Waals surface area contributed by atoms with Crippen molar-refractivity contribution in [3.8, 4) is 0 Å². The quantitative estimate of drug-likeness (QED) is 0.375. The maximum atomic E-state index is 13.5. The highest BCUT2D eigenvalue weighted by atomic mass is 16.3. The Kier molecular flexibility index (Phi) is 10.8. The number of hydrogen-bond donors (Lipinski definition) is 3. The van der Waals surface area contributed by atoms with Crippen LogP contribution >= 0.6 is 0 Å². The van der Waals surface area contributed by atoms with Gasteiger partial charge in [-0.2, -0.15) is 0 Å². The highest BCUT2D eigenvalue weighted by molar-refractivity contribution is 5.96.